The van der Waals surface area contributed by atoms with E-state index in [-0.39, 0.29) is 11.9 Å². The number of amides is 1. The smallest absolute Gasteiger partial charge is 0.251 e. The Hall–Kier alpha value is -2.52. The van der Waals surface area contributed by atoms with E-state index < -0.39 is 0 Å². The first kappa shape index (κ1) is 19.2. The molecule has 0 heterocycles. The summed E-state index contributed by atoms with van der Waals surface area (Å²) in [4.78, 5) is 13.9. The summed E-state index contributed by atoms with van der Waals surface area (Å²) in [5, 5.41) is 3.15. The minimum absolute atomic E-state index is 0.0234. The normalized spacial score (nSPS) is 11.8. The van der Waals surface area contributed by atoms with Gasteiger partial charge in [-0.3, -0.25) is 4.79 Å². The molecule has 3 rings (SSSR count). The minimum Gasteiger partial charge on any atom is -0.345 e. The van der Waals surface area contributed by atoms with Gasteiger partial charge in [-0.05, 0) is 48.7 Å². The van der Waals surface area contributed by atoms with E-state index in [2.05, 4.69) is 55.6 Å². The van der Waals surface area contributed by atoms with Crippen LogP contribution in [-0.2, 0) is 5.75 Å². The number of nitrogens with one attached hydrogen (secondary N) is 1. The molecule has 0 bridgehead atoms. The van der Waals surface area contributed by atoms with E-state index in [1.807, 2.05) is 42.5 Å². The molecule has 0 aliphatic rings. The van der Waals surface area contributed by atoms with Crippen LogP contribution in [0.2, 0.25) is 0 Å². The predicted octanol–water partition coefficient (Wildman–Crippen LogP) is 6.17. The van der Waals surface area contributed by atoms with E-state index in [0.29, 0.717) is 5.56 Å². The Labute approximate surface area is 166 Å². The molecule has 27 heavy (non-hydrogen) atoms. The second kappa shape index (κ2) is 9.43. The van der Waals surface area contributed by atoms with Crippen molar-refractivity contribution < 1.29 is 4.79 Å². The SMILES string of the molecule is CC[C@@H](NC(=O)c1ccc(CSc2ccccc2)cc1)c1ccc(C)cc1. The average molecular weight is 376 g/mol. The minimum atomic E-state index is -0.0234. The molecule has 0 spiro atoms. The zero-order valence-corrected chi connectivity index (χ0v) is 16.6. The van der Waals surface area contributed by atoms with Gasteiger partial charge in [-0.25, -0.2) is 0 Å². The van der Waals surface area contributed by atoms with Gasteiger partial charge in [0.25, 0.3) is 5.91 Å². The number of hydrogen-bond acceptors (Lipinski definition) is 2. The summed E-state index contributed by atoms with van der Waals surface area (Å²) in [6.07, 6.45) is 0.862. The van der Waals surface area contributed by atoms with Crippen molar-refractivity contribution in [3.63, 3.8) is 0 Å². The summed E-state index contributed by atoms with van der Waals surface area (Å²) in [7, 11) is 0. The zero-order chi connectivity index (χ0) is 19.1. The molecule has 0 fully saturated rings. The lowest BCUT2D eigenvalue weighted by atomic mass is 10.0. The standard InChI is InChI=1S/C24H25NOS/c1-3-23(20-13-9-18(2)10-14-20)25-24(26)21-15-11-19(12-16-21)17-27-22-7-5-4-6-8-22/h4-16,23H,3,17H2,1-2H3,(H,25,26)/t23-/m1/s1. The van der Waals surface area contributed by atoms with Crippen LogP contribution in [0.5, 0.6) is 0 Å². The van der Waals surface area contributed by atoms with Crippen molar-refractivity contribution in [2.75, 3.05) is 0 Å². The Balaban J connectivity index is 1.60. The lowest BCUT2D eigenvalue weighted by Gasteiger charge is -2.18. The summed E-state index contributed by atoms with van der Waals surface area (Å²) in [6.45, 7) is 4.16. The second-order valence-corrected chi connectivity index (χ2v) is 7.69. The van der Waals surface area contributed by atoms with Gasteiger partial charge in [-0.15, -0.1) is 11.8 Å². The predicted molar refractivity (Wildman–Crippen MR) is 114 cm³/mol. The molecule has 3 aromatic carbocycles. The van der Waals surface area contributed by atoms with Gasteiger partial charge in [0.05, 0.1) is 6.04 Å². The van der Waals surface area contributed by atoms with E-state index in [4.69, 9.17) is 0 Å². The molecule has 0 aliphatic heterocycles. The van der Waals surface area contributed by atoms with Crippen LogP contribution in [0.1, 0.15) is 46.4 Å². The van der Waals surface area contributed by atoms with Gasteiger partial charge in [-0.2, -0.15) is 0 Å². The molecule has 3 aromatic rings. The maximum atomic E-state index is 12.6. The van der Waals surface area contributed by atoms with Crippen LogP contribution >= 0.6 is 11.8 Å². The Morgan fingerprint density at radius 1 is 0.926 bits per heavy atom. The lowest BCUT2D eigenvalue weighted by molar-refractivity contribution is 0.0935. The summed E-state index contributed by atoms with van der Waals surface area (Å²) in [6, 6.07) is 26.6. The largest absolute Gasteiger partial charge is 0.345 e. The second-order valence-electron chi connectivity index (χ2n) is 6.64. The van der Waals surface area contributed by atoms with E-state index in [1.165, 1.54) is 16.0 Å². The third kappa shape index (κ3) is 5.48. The molecule has 2 nitrogen and oxygen atoms in total. The zero-order valence-electron chi connectivity index (χ0n) is 15.8. The summed E-state index contributed by atoms with van der Waals surface area (Å²) >= 11 is 1.80. The van der Waals surface area contributed by atoms with E-state index in [0.717, 1.165) is 17.7 Å². The number of hydrogen-bond donors (Lipinski definition) is 1. The highest BCUT2D eigenvalue weighted by atomic mass is 32.2. The van der Waals surface area contributed by atoms with Crippen LogP contribution < -0.4 is 5.32 Å². The van der Waals surface area contributed by atoms with Crippen molar-refractivity contribution in [2.24, 2.45) is 0 Å². The van der Waals surface area contributed by atoms with Gasteiger partial charge in [0, 0.05) is 16.2 Å². The first-order valence-corrected chi connectivity index (χ1v) is 10.3. The number of aryl methyl sites for hydroxylation is 1. The highest BCUT2D eigenvalue weighted by molar-refractivity contribution is 7.98. The van der Waals surface area contributed by atoms with Gasteiger partial charge >= 0.3 is 0 Å². The summed E-state index contributed by atoms with van der Waals surface area (Å²) in [5.41, 5.74) is 4.29. The van der Waals surface area contributed by atoms with Crippen LogP contribution in [0.15, 0.2) is 83.8 Å². The van der Waals surface area contributed by atoms with Crippen molar-refractivity contribution in [1.82, 2.24) is 5.32 Å². The van der Waals surface area contributed by atoms with Crippen molar-refractivity contribution in [3.8, 4) is 0 Å². The number of benzene rings is 3. The molecule has 0 saturated heterocycles. The van der Waals surface area contributed by atoms with E-state index in [1.54, 1.807) is 11.8 Å². The molecule has 0 unspecified atom stereocenters. The van der Waals surface area contributed by atoms with E-state index in [9.17, 15) is 4.79 Å². The number of rotatable bonds is 7. The maximum Gasteiger partial charge on any atom is 0.251 e. The highest BCUT2D eigenvalue weighted by Crippen LogP contribution is 2.23. The summed E-state index contributed by atoms with van der Waals surface area (Å²) in [5.74, 6) is 0.872. The number of carbonyl (C=O) groups excluding carboxylic acids is 1. The number of carbonyl (C=O) groups is 1. The Morgan fingerprint density at radius 2 is 1.59 bits per heavy atom. The molecule has 1 amide bonds. The fourth-order valence-electron chi connectivity index (χ4n) is 2.90. The highest BCUT2D eigenvalue weighted by Gasteiger charge is 2.14. The van der Waals surface area contributed by atoms with Crippen LogP contribution in [0, 0.1) is 6.92 Å². The Bertz CT molecular complexity index is 857. The van der Waals surface area contributed by atoms with Crippen LogP contribution in [0.3, 0.4) is 0 Å². The topological polar surface area (TPSA) is 29.1 Å². The monoisotopic (exact) mass is 375 g/mol. The van der Waals surface area contributed by atoms with E-state index >= 15 is 0 Å². The Morgan fingerprint density at radius 3 is 2.22 bits per heavy atom. The van der Waals surface area contributed by atoms with Crippen LogP contribution in [0.25, 0.3) is 0 Å². The first-order chi connectivity index (χ1) is 13.2. The lowest BCUT2D eigenvalue weighted by Crippen LogP contribution is -2.28. The average Bonchev–Trinajstić information content (AvgIpc) is 2.72. The fraction of sp³-hybridized carbons (Fsp3) is 0.208. The Kier molecular flexibility index (Phi) is 6.72. The molecule has 0 radical (unpaired) electrons. The molecule has 0 aliphatic carbocycles. The fourth-order valence-corrected chi connectivity index (χ4v) is 3.77. The van der Waals surface area contributed by atoms with Gasteiger partial charge in [-0.1, -0.05) is 67.1 Å². The van der Waals surface area contributed by atoms with Crippen molar-refractivity contribution in [2.45, 2.75) is 37.0 Å². The van der Waals surface area contributed by atoms with Gasteiger partial charge in [0.2, 0.25) is 0 Å². The molecular formula is C24H25NOS. The van der Waals surface area contributed by atoms with Crippen molar-refractivity contribution in [1.29, 1.82) is 0 Å². The first-order valence-electron chi connectivity index (χ1n) is 9.30. The molecule has 138 valence electrons. The van der Waals surface area contributed by atoms with Gasteiger partial charge in [0.15, 0.2) is 0 Å². The van der Waals surface area contributed by atoms with Crippen LogP contribution in [-0.4, -0.2) is 5.91 Å². The van der Waals surface area contributed by atoms with Gasteiger partial charge in [0.1, 0.15) is 0 Å². The third-order valence-electron chi connectivity index (χ3n) is 4.56. The maximum absolute atomic E-state index is 12.6. The third-order valence-corrected chi connectivity index (χ3v) is 5.64. The van der Waals surface area contributed by atoms with Crippen molar-refractivity contribution in [3.05, 3.63) is 101 Å². The molecule has 0 aromatic heterocycles. The molecular weight excluding hydrogens is 350 g/mol. The molecule has 0 saturated carbocycles. The quantitative estimate of drug-likeness (QED) is 0.500. The molecule has 1 N–H and O–H groups in total. The summed E-state index contributed by atoms with van der Waals surface area (Å²) < 4.78 is 0. The molecule has 1 atom stereocenters. The number of thioether (sulfide) groups is 1. The van der Waals surface area contributed by atoms with Crippen LogP contribution in [0.4, 0.5) is 0 Å². The van der Waals surface area contributed by atoms with Crippen molar-refractivity contribution >= 4 is 17.7 Å². The molecule has 3 heteroatoms. The van der Waals surface area contributed by atoms with Gasteiger partial charge < -0.3 is 5.32 Å².